The summed E-state index contributed by atoms with van der Waals surface area (Å²) in [5.41, 5.74) is 3.12. The molecule has 1 atom stereocenters. The monoisotopic (exact) mass is 374 g/mol. The molecule has 3 rings (SSSR count). The van der Waals surface area contributed by atoms with Crippen LogP contribution in [-0.4, -0.2) is 37.6 Å². The van der Waals surface area contributed by atoms with Crippen molar-refractivity contribution in [1.29, 1.82) is 0 Å². The Hall–Kier alpha value is -1.69. The van der Waals surface area contributed by atoms with E-state index in [1.54, 1.807) is 7.11 Å². The fraction of sp³-hybridized carbons (Fsp3) is 0.278. The van der Waals surface area contributed by atoms with Crippen molar-refractivity contribution in [2.24, 2.45) is 0 Å². The first-order valence-corrected chi connectivity index (χ1v) is 8.35. The molecule has 2 aromatic carbocycles. The van der Waals surface area contributed by atoms with Gasteiger partial charge in [-0.2, -0.15) is 0 Å². The summed E-state index contributed by atoms with van der Waals surface area (Å²) in [6.07, 6.45) is 0. The lowest BCUT2D eigenvalue weighted by Crippen LogP contribution is -2.36. The molecule has 1 N–H and O–H groups in total. The van der Waals surface area contributed by atoms with Crippen molar-refractivity contribution in [3.63, 3.8) is 0 Å². The van der Waals surface area contributed by atoms with Crippen molar-refractivity contribution in [2.45, 2.75) is 6.04 Å². The van der Waals surface area contributed by atoms with Crippen LogP contribution in [0.25, 0.3) is 0 Å². The third-order valence-corrected chi connectivity index (χ3v) is 4.49. The summed E-state index contributed by atoms with van der Waals surface area (Å²) < 4.78 is 6.23. The molecule has 5 heteroatoms. The molecule has 0 bridgehead atoms. The van der Waals surface area contributed by atoms with E-state index < -0.39 is 0 Å². The second-order valence-corrected chi connectivity index (χ2v) is 6.47. The van der Waals surface area contributed by atoms with E-state index in [0.29, 0.717) is 19.7 Å². The Labute approximate surface area is 144 Å². The number of nitrogens with zero attached hydrogens (tertiary/aromatic N) is 1. The SMILES string of the molecule is COCCN1CC(=O)Nc2ccc(Br)cc2C1c1ccccc1. The van der Waals surface area contributed by atoms with Crippen molar-refractivity contribution in [2.75, 3.05) is 32.1 Å². The number of carbonyl (C=O) groups excluding carboxylic acids is 1. The highest BCUT2D eigenvalue weighted by Crippen LogP contribution is 2.36. The molecule has 1 unspecified atom stereocenters. The maximum atomic E-state index is 12.3. The Morgan fingerprint density at radius 1 is 1.26 bits per heavy atom. The molecule has 0 aliphatic carbocycles. The quantitative estimate of drug-likeness (QED) is 0.890. The molecule has 1 heterocycles. The molecule has 2 aromatic rings. The van der Waals surface area contributed by atoms with Gasteiger partial charge in [-0.1, -0.05) is 46.3 Å². The zero-order chi connectivity index (χ0) is 16.2. The summed E-state index contributed by atoms with van der Waals surface area (Å²) >= 11 is 3.55. The van der Waals surface area contributed by atoms with Gasteiger partial charge in [0.2, 0.25) is 5.91 Å². The summed E-state index contributed by atoms with van der Waals surface area (Å²) in [7, 11) is 1.68. The van der Waals surface area contributed by atoms with E-state index in [0.717, 1.165) is 15.7 Å². The van der Waals surface area contributed by atoms with E-state index in [9.17, 15) is 4.79 Å². The summed E-state index contributed by atoms with van der Waals surface area (Å²) in [4.78, 5) is 14.4. The molecule has 0 spiro atoms. The normalized spacial score (nSPS) is 18.2. The van der Waals surface area contributed by atoms with Crippen LogP contribution in [0.1, 0.15) is 17.2 Å². The number of carbonyl (C=O) groups is 1. The van der Waals surface area contributed by atoms with Gasteiger partial charge >= 0.3 is 0 Å². The molecule has 0 radical (unpaired) electrons. The number of anilines is 1. The van der Waals surface area contributed by atoms with E-state index in [1.165, 1.54) is 5.56 Å². The van der Waals surface area contributed by atoms with Crippen LogP contribution in [0.3, 0.4) is 0 Å². The van der Waals surface area contributed by atoms with Gasteiger partial charge in [-0.05, 0) is 29.3 Å². The number of nitrogens with one attached hydrogen (secondary N) is 1. The summed E-state index contributed by atoms with van der Waals surface area (Å²) in [5, 5.41) is 3.01. The van der Waals surface area contributed by atoms with E-state index >= 15 is 0 Å². The Balaban J connectivity index is 2.11. The lowest BCUT2D eigenvalue weighted by atomic mass is 9.96. The Bertz CT molecular complexity index is 691. The first-order chi connectivity index (χ1) is 11.2. The van der Waals surface area contributed by atoms with Crippen LogP contribution in [0.5, 0.6) is 0 Å². The highest BCUT2D eigenvalue weighted by atomic mass is 79.9. The highest BCUT2D eigenvalue weighted by molar-refractivity contribution is 9.10. The zero-order valence-corrected chi connectivity index (χ0v) is 14.5. The number of amides is 1. The van der Waals surface area contributed by atoms with Crippen LogP contribution >= 0.6 is 15.9 Å². The van der Waals surface area contributed by atoms with Gasteiger partial charge in [0, 0.05) is 23.8 Å². The standard InChI is InChI=1S/C18H19BrN2O2/c1-23-10-9-21-12-17(22)20-16-8-7-14(19)11-15(16)18(21)13-5-3-2-4-6-13/h2-8,11,18H,9-10,12H2,1H3,(H,20,22). The van der Waals surface area contributed by atoms with Crippen molar-refractivity contribution >= 4 is 27.5 Å². The van der Waals surface area contributed by atoms with Gasteiger partial charge in [0.1, 0.15) is 0 Å². The van der Waals surface area contributed by atoms with Crippen LogP contribution in [0.15, 0.2) is 53.0 Å². The number of rotatable bonds is 4. The Morgan fingerprint density at radius 3 is 2.78 bits per heavy atom. The van der Waals surface area contributed by atoms with Crippen LogP contribution in [0, 0.1) is 0 Å². The lowest BCUT2D eigenvalue weighted by molar-refractivity contribution is -0.117. The van der Waals surface area contributed by atoms with Crippen molar-refractivity contribution in [3.05, 3.63) is 64.1 Å². The molecule has 0 saturated carbocycles. The molecule has 0 saturated heterocycles. The number of fused-ring (bicyclic) bond motifs is 1. The third kappa shape index (κ3) is 3.63. The highest BCUT2D eigenvalue weighted by Gasteiger charge is 2.29. The number of benzene rings is 2. The van der Waals surface area contributed by atoms with Crippen LogP contribution in [0.2, 0.25) is 0 Å². The second kappa shape index (κ2) is 7.25. The fourth-order valence-corrected chi connectivity index (χ4v) is 3.36. The van der Waals surface area contributed by atoms with Gasteiger partial charge in [-0.15, -0.1) is 0 Å². The van der Waals surface area contributed by atoms with Gasteiger partial charge in [0.25, 0.3) is 0 Å². The number of halogens is 1. The fourth-order valence-electron chi connectivity index (χ4n) is 2.98. The van der Waals surface area contributed by atoms with Gasteiger partial charge in [0.15, 0.2) is 0 Å². The zero-order valence-electron chi connectivity index (χ0n) is 13.0. The smallest absolute Gasteiger partial charge is 0.238 e. The molecule has 1 aliphatic rings. The third-order valence-electron chi connectivity index (χ3n) is 3.99. The predicted molar refractivity (Wildman–Crippen MR) is 94.5 cm³/mol. The minimum Gasteiger partial charge on any atom is -0.383 e. The molecule has 0 aromatic heterocycles. The summed E-state index contributed by atoms with van der Waals surface area (Å²) in [6, 6.07) is 16.3. The van der Waals surface area contributed by atoms with Crippen LogP contribution in [-0.2, 0) is 9.53 Å². The number of hydrogen-bond acceptors (Lipinski definition) is 3. The maximum Gasteiger partial charge on any atom is 0.238 e. The minimum absolute atomic E-state index is 0.00288. The van der Waals surface area contributed by atoms with Crippen LogP contribution in [0.4, 0.5) is 5.69 Å². The Kier molecular flexibility index (Phi) is 5.10. The van der Waals surface area contributed by atoms with E-state index in [2.05, 4.69) is 44.3 Å². The predicted octanol–water partition coefficient (Wildman–Crippen LogP) is 3.44. The molecule has 0 fully saturated rings. The largest absolute Gasteiger partial charge is 0.383 e. The molecule has 1 amide bonds. The van der Waals surface area contributed by atoms with Gasteiger partial charge in [-0.3, -0.25) is 9.69 Å². The first-order valence-electron chi connectivity index (χ1n) is 7.56. The first kappa shape index (κ1) is 16.2. The average Bonchev–Trinajstić information content (AvgIpc) is 2.69. The molecule has 4 nitrogen and oxygen atoms in total. The average molecular weight is 375 g/mol. The van der Waals surface area contributed by atoms with Crippen molar-refractivity contribution < 1.29 is 9.53 Å². The van der Waals surface area contributed by atoms with Gasteiger partial charge < -0.3 is 10.1 Å². The van der Waals surface area contributed by atoms with Gasteiger partial charge in [0.05, 0.1) is 19.2 Å². The van der Waals surface area contributed by atoms with E-state index in [-0.39, 0.29) is 11.9 Å². The maximum absolute atomic E-state index is 12.3. The molecule has 120 valence electrons. The number of ether oxygens (including phenoxy) is 1. The molecule has 23 heavy (non-hydrogen) atoms. The lowest BCUT2D eigenvalue weighted by Gasteiger charge is -2.30. The number of methoxy groups -OCH3 is 1. The Morgan fingerprint density at radius 2 is 2.04 bits per heavy atom. The molecular weight excluding hydrogens is 356 g/mol. The summed E-state index contributed by atoms with van der Waals surface area (Å²) in [5.74, 6) is 0.00288. The van der Waals surface area contributed by atoms with Crippen molar-refractivity contribution in [1.82, 2.24) is 4.90 Å². The second-order valence-electron chi connectivity index (χ2n) is 5.56. The molecule has 1 aliphatic heterocycles. The van der Waals surface area contributed by atoms with Crippen LogP contribution < -0.4 is 5.32 Å². The minimum atomic E-state index is 0.00288. The number of hydrogen-bond donors (Lipinski definition) is 1. The summed E-state index contributed by atoms with van der Waals surface area (Å²) in [6.45, 7) is 1.62. The van der Waals surface area contributed by atoms with Gasteiger partial charge in [-0.25, -0.2) is 0 Å². The van der Waals surface area contributed by atoms with E-state index in [1.807, 2.05) is 30.3 Å². The van der Waals surface area contributed by atoms with Crippen molar-refractivity contribution in [3.8, 4) is 0 Å². The molecular formula is C18H19BrN2O2. The van der Waals surface area contributed by atoms with E-state index in [4.69, 9.17) is 4.74 Å². The topological polar surface area (TPSA) is 41.6 Å².